The van der Waals surface area contributed by atoms with Crippen molar-refractivity contribution < 1.29 is 4.79 Å². The van der Waals surface area contributed by atoms with E-state index >= 15 is 0 Å². The smallest absolute Gasteiger partial charge is 0.232 e. The Labute approximate surface area is 135 Å². The molecule has 0 spiro atoms. The molecule has 0 saturated heterocycles. The topological polar surface area (TPSA) is 33.5 Å². The number of fused-ring (bicyclic) bond motifs is 4. The lowest BCUT2D eigenvalue weighted by Crippen LogP contribution is -2.21. The van der Waals surface area contributed by atoms with Gasteiger partial charge < -0.3 is 9.72 Å². The number of aromatic nitrogens is 1. The number of nitrogens with zero attached hydrogens (tertiary/aromatic N) is 1. The molecule has 23 heavy (non-hydrogen) atoms. The average molecular weight is 302 g/mol. The Hall–Kier alpha value is -2.55. The van der Waals surface area contributed by atoms with Crippen LogP contribution in [0.1, 0.15) is 35.2 Å². The average Bonchev–Trinajstić information content (AvgIpc) is 3.06. The van der Waals surface area contributed by atoms with E-state index in [1.165, 1.54) is 33.5 Å². The maximum absolute atomic E-state index is 12.4. The first-order chi connectivity index (χ1) is 11.3. The van der Waals surface area contributed by atoms with Gasteiger partial charge in [0.05, 0.1) is 17.1 Å². The minimum atomic E-state index is -0.0927. The van der Waals surface area contributed by atoms with Crippen LogP contribution in [0.4, 0.5) is 0 Å². The number of hydrogen-bond donors (Lipinski definition) is 1. The summed E-state index contributed by atoms with van der Waals surface area (Å²) < 4.78 is 2.31. The number of hydrogen-bond acceptors (Lipinski definition) is 1. The van der Waals surface area contributed by atoms with Crippen molar-refractivity contribution in [3.05, 3.63) is 65.1 Å². The van der Waals surface area contributed by atoms with Crippen LogP contribution in [-0.2, 0) is 17.6 Å². The normalized spacial score (nSPS) is 21.4. The molecule has 114 valence electrons. The third-order valence-corrected chi connectivity index (χ3v) is 5.37. The summed E-state index contributed by atoms with van der Waals surface area (Å²) in [4.78, 5) is 12.4. The number of carbonyl (C=O) groups is 1. The quantitative estimate of drug-likeness (QED) is 0.847. The third-order valence-electron chi connectivity index (χ3n) is 5.37. The standard InChI is InChI=1S/C20H18N2O/c1-2-5-15-17-16(21-20(15)23)10-9-14-13-8-3-6-12-7-4-11-22(18(12)13)19(14)17/h2-4,6-7,11,15H,1,5,8-10H2,(H,21,23). The van der Waals surface area contributed by atoms with Crippen molar-refractivity contribution in [1.29, 1.82) is 0 Å². The number of allylic oxidation sites excluding steroid dienone is 3. The number of amides is 1. The molecule has 0 radical (unpaired) electrons. The van der Waals surface area contributed by atoms with Crippen LogP contribution in [0.3, 0.4) is 0 Å². The van der Waals surface area contributed by atoms with Gasteiger partial charge in [-0.05, 0) is 48.4 Å². The molecule has 3 aliphatic rings. The zero-order chi connectivity index (χ0) is 15.6. The van der Waals surface area contributed by atoms with Crippen LogP contribution in [0.15, 0.2) is 42.8 Å². The molecule has 1 amide bonds. The minimum Gasteiger partial charge on any atom is -0.329 e. The molecule has 0 fully saturated rings. The molecular formula is C20H18N2O. The van der Waals surface area contributed by atoms with Crippen molar-refractivity contribution >= 4 is 23.1 Å². The van der Waals surface area contributed by atoms with Crippen molar-refractivity contribution in [2.24, 2.45) is 5.92 Å². The van der Waals surface area contributed by atoms with E-state index in [1.807, 2.05) is 6.08 Å². The van der Waals surface area contributed by atoms with E-state index in [9.17, 15) is 4.79 Å². The summed E-state index contributed by atoms with van der Waals surface area (Å²) in [5, 5.41) is 3.12. The highest BCUT2D eigenvalue weighted by Crippen LogP contribution is 2.45. The molecule has 1 aliphatic heterocycles. The Balaban J connectivity index is 1.84. The minimum absolute atomic E-state index is 0.0927. The van der Waals surface area contributed by atoms with Gasteiger partial charge in [-0.1, -0.05) is 24.3 Å². The van der Waals surface area contributed by atoms with Crippen molar-refractivity contribution in [1.82, 2.24) is 9.72 Å². The SMILES string of the molecule is C=CCC1C(=O)NC2=C1c1c(c3c4c(cccn14)C=CC3)CC2. The van der Waals surface area contributed by atoms with Crippen LogP contribution >= 0.6 is 0 Å². The van der Waals surface area contributed by atoms with Crippen LogP contribution in [-0.4, -0.2) is 10.3 Å². The Morgan fingerprint density at radius 1 is 1.35 bits per heavy atom. The van der Waals surface area contributed by atoms with Crippen molar-refractivity contribution in [3.63, 3.8) is 0 Å². The van der Waals surface area contributed by atoms with Gasteiger partial charge in [0.25, 0.3) is 0 Å². The lowest BCUT2D eigenvalue weighted by molar-refractivity contribution is -0.121. The Kier molecular flexibility index (Phi) is 2.52. The van der Waals surface area contributed by atoms with Gasteiger partial charge in [0.2, 0.25) is 5.91 Å². The van der Waals surface area contributed by atoms with Crippen LogP contribution in [0.25, 0.3) is 17.2 Å². The molecule has 0 saturated carbocycles. The Morgan fingerprint density at radius 3 is 3.13 bits per heavy atom. The fourth-order valence-electron chi connectivity index (χ4n) is 4.47. The highest BCUT2D eigenvalue weighted by molar-refractivity contribution is 6.01. The molecule has 0 bridgehead atoms. The van der Waals surface area contributed by atoms with E-state index in [1.54, 1.807) is 0 Å². The summed E-state index contributed by atoms with van der Waals surface area (Å²) >= 11 is 0. The van der Waals surface area contributed by atoms with Gasteiger partial charge in [-0.15, -0.1) is 6.58 Å². The third kappa shape index (κ3) is 1.57. The van der Waals surface area contributed by atoms with Gasteiger partial charge in [0.15, 0.2) is 0 Å². The molecule has 3 nitrogen and oxygen atoms in total. The van der Waals surface area contributed by atoms with Gasteiger partial charge in [0, 0.05) is 17.5 Å². The molecule has 3 heterocycles. The van der Waals surface area contributed by atoms with Crippen molar-refractivity contribution in [2.45, 2.75) is 25.7 Å². The van der Waals surface area contributed by atoms with E-state index < -0.39 is 0 Å². The number of rotatable bonds is 2. The van der Waals surface area contributed by atoms with E-state index in [0.29, 0.717) is 6.42 Å². The second-order valence-corrected chi connectivity index (χ2v) is 6.55. The molecule has 2 aromatic heterocycles. The van der Waals surface area contributed by atoms with E-state index in [0.717, 1.165) is 25.0 Å². The first kappa shape index (κ1) is 12.9. The summed E-state index contributed by atoms with van der Waals surface area (Å²) in [6.07, 6.45) is 12.1. The van der Waals surface area contributed by atoms with Crippen molar-refractivity contribution in [3.8, 4) is 0 Å². The predicted molar refractivity (Wildman–Crippen MR) is 91.8 cm³/mol. The lowest BCUT2D eigenvalue weighted by Gasteiger charge is -2.19. The fraction of sp³-hybridized carbons (Fsp3) is 0.250. The Bertz CT molecular complexity index is 942. The van der Waals surface area contributed by atoms with Crippen molar-refractivity contribution in [2.75, 3.05) is 0 Å². The zero-order valence-corrected chi connectivity index (χ0v) is 12.9. The Morgan fingerprint density at radius 2 is 2.26 bits per heavy atom. The van der Waals surface area contributed by atoms with Gasteiger partial charge in [-0.25, -0.2) is 0 Å². The van der Waals surface area contributed by atoms with Gasteiger partial charge >= 0.3 is 0 Å². The molecule has 5 rings (SSSR count). The second-order valence-electron chi connectivity index (χ2n) is 6.55. The summed E-state index contributed by atoms with van der Waals surface area (Å²) in [7, 11) is 0. The monoisotopic (exact) mass is 302 g/mol. The maximum Gasteiger partial charge on any atom is 0.232 e. The molecule has 1 atom stereocenters. The van der Waals surface area contributed by atoms with Gasteiger partial charge in [-0.3, -0.25) is 4.79 Å². The largest absolute Gasteiger partial charge is 0.329 e. The summed E-state index contributed by atoms with van der Waals surface area (Å²) in [5.74, 6) is 0.0354. The summed E-state index contributed by atoms with van der Waals surface area (Å²) in [6.45, 7) is 3.84. The second kappa shape index (κ2) is 4.48. The molecular weight excluding hydrogens is 284 g/mol. The zero-order valence-electron chi connectivity index (χ0n) is 12.9. The van der Waals surface area contributed by atoms with Crippen LogP contribution in [0.2, 0.25) is 0 Å². The number of nitrogens with one attached hydrogen (secondary N) is 1. The van der Waals surface area contributed by atoms with E-state index in [2.05, 4.69) is 46.8 Å². The predicted octanol–water partition coefficient (Wildman–Crippen LogP) is 3.49. The molecule has 1 unspecified atom stereocenters. The first-order valence-electron chi connectivity index (χ1n) is 8.26. The van der Waals surface area contributed by atoms with E-state index in [-0.39, 0.29) is 11.8 Å². The molecule has 2 aromatic rings. The maximum atomic E-state index is 12.4. The lowest BCUT2D eigenvalue weighted by atomic mass is 9.85. The fourth-order valence-corrected chi connectivity index (χ4v) is 4.47. The van der Waals surface area contributed by atoms with Gasteiger partial charge in [0.1, 0.15) is 0 Å². The van der Waals surface area contributed by atoms with Crippen LogP contribution < -0.4 is 5.32 Å². The number of pyridine rings is 1. The molecule has 1 N–H and O–H groups in total. The van der Waals surface area contributed by atoms with Crippen LogP contribution in [0.5, 0.6) is 0 Å². The number of carbonyl (C=O) groups excluding carboxylic acids is 1. The molecule has 0 aromatic carbocycles. The molecule has 3 heteroatoms. The highest BCUT2D eigenvalue weighted by atomic mass is 16.2. The van der Waals surface area contributed by atoms with E-state index in [4.69, 9.17) is 0 Å². The van der Waals surface area contributed by atoms with Gasteiger partial charge in [-0.2, -0.15) is 0 Å². The summed E-state index contributed by atoms with van der Waals surface area (Å²) in [6, 6.07) is 4.28. The highest BCUT2D eigenvalue weighted by Gasteiger charge is 2.39. The first-order valence-corrected chi connectivity index (χ1v) is 8.26. The molecule has 2 aliphatic carbocycles. The van der Waals surface area contributed by atoms with Crippen LogP contribution in [0, 0.1) is 5.92 Å². The summed E-state index contributed by atoms with van der Waals surface area (Å²) in [5.41, 5.74) is 9.07.